The normalized spacial score (nSPS) is 16.4. The summed E-state index contributed by atoms with van der Waals surface area (Å²) < 4.78 is 1.71. The summed E-state index contributed by atoms with van der Waals surface area (Å²) >= 11 is 13.5. The molecule has 1 atom stereocenters. The lowest BCUT2D eigenvalue weighted by atomic mass is 10.1. The molecule has 0 radical (unpaired) electrons. The van der Waals surface area contributed by atoms with Crippen molar-refractivity contribution < 1.29 is 4.79 Å². The fraction of sp³-hybridized carbons (Fsp3) is 0.235. The summed E-state index contributed by atoms with van der Waals surface area (Å²) in [7, 11) is 0. The molecule has 0 saturated carbocycles. The van der Waals surface area contributed by atoms with Crippen LogP contribution in [0.5, 0.6) is 0 Å². The van der Waals surface area contributed by atoms with Gasteiger partial charge in [0.05, 0.1) is 15.8 Å². The fourth-order valence-corrected chi connectivity index (χ4v) is 4.42. The van der Waals surface area contributed by atoms with E-state index in [4.69, 9.17) is 23.2 Å². The molecule has 4 rings (SSSR count). The van der Waals surface area contributed by atoms with Crippen LogP contribution >= 0.6 is 35.0 Å². The number of fused-ring (bicyclic) bond motifs is 2. The van der Waals surface area contributed by atoms with E-state index in [0.29, 0.717) is 20.8 Å². The maximum absolute atomic E-state index is 12.8. The molecule has 0 aliphatic carbocycles. The van der Waals surface area contributed by atoms with Crippen LogP contribution in [0.3, 0.4) is 0 Å². The number of amides is 1. The van der Waals surface area contributed by atoms with Crippen molar-refractivity contribution in [2.75, 3.05) is 10.7 Å². The van der Waals surface area contributed by atoms with E-state index in [1.54, 1.807) is 16.7 Å². The van der Waals surface area contributed by atoms with Gasteiger partial charge in [-0.3, -0.25) is 9.20 Å². The maximum Gasteiger partial charge on any atom is 0.237 e. The summed E-state index contributed by atoms with van der Waals surface area (Å²) in [5, 5.41) is 9.70. The van der Waals surface area contributed by atoms with Crippen molar-refractivity contribution >= 4 is 52.2 Å². The lowest BCUT2D eigenvalue weighted by Crippen LogP contribution is -2.37. The average molecular weight is 393 g/mol. The van der Waals surface area contributed by atoms with Crippen LogP contribution in [0.15, 0.2) is 41.7 Å². The van der Waals surface area contributed by atoms with E-state index in [-0.39, 0.29) is 17.7 Å². The lowest BCUT2D eigenvalue weighted by Gasteiger charge is -2.22. The van der Waals surface area contributed by atoms with Crippen LogP contribution in [0.25, 0.3) is 5.65 Å². The number of hydrogen-bond donors (Lipinski definition) is 0. The number of aromatic nitrogens is 3. The van der Waals surface area contributed by atoms with Gasteiger partial charge in [0.25, 0.3) is 0 Å². The first-order valence-electron chi connectivity index (χ1n) is 7.77. The zero-order valence-corrected chi connectivity index (χ0v) is 15.6. The van der Waals surface area contributed by atoms with Gasteiger partial charge in [0.2, 0.25) is 5.91 Å². The molecule has 0 N–H and O–H groups in total. The van der Waals surface area contributed by atoms with Crippen LogP contribution in [0.4, 0.5) is 5.69 Å². The van der Waals surface area contributed by atoms with Crippen molar-refractivity contribution in [3.8, 4) is 0 Å². The number of halogens is 2. The van der Waals surface area contributed by atoms with Crippen molar-refractivity contribution in [3.63, 3.8) is 0 Å². The van der Waals surface area contributed by atoms with Crippen LogP contribution in [-0.4, -0.2) is 32.3 Å². The van der Waals surface area contributed by atoms with Crippen molar-refractivity contribution in [3.05, 3.63) is 52.1 Å². The number of rotatable bonds is 3. The minimum Gasteiger partial charge on any atom is -0.308 e. The van der Waals surface area contributed by atoms with E-state index >= 15 is 0 Å². The van der Waals surface area contributed by atoms with Gasteiger partial charge in [-0.1, -0.05) is 53.2 Å². The molecule has 0 saturated heterocycles. The SMILES string of the molecule is C[C@@H]1Cc2ccccc2N1C(=O)CSc1nnc2c(Cl)cc(Cl)cn12. The predicted molar refractivity (Wildman–Crippen MR) is 101 cm³/mol. The molecule has 0 unspecified atom stereocenters. The quantitative estimate of drug-likeness (QED) is 0.629. The Morgan fingerprint density at radius 3 is 2.96 bits per heavy atom. The van der Waals surface area contributed by atoms with E-state index in [1.165, 1.54) is 17.3 Å². The zero-order valence-electron chi connectivity index (χ0n) is 13.3. The minimum atomic E-state index is 0.0484. The second-order valence-electron chi connectivity index (χ2n) is 5.92. The minimum absolute atomic E-state index is 0.0484. The zero-order chi connectivity index (χ0) is 17.6. The highest BCUT2D eigenvalue weighted by atomic mass is 35.5. The highest BCUT2D eigenvalue weighted by Crippen LogP contribution is 2.33. The molecule has 0 fully saturated rings. The first-order chi connectivity index (χ1) is 12.0. The van der Waals surface area contributed by atoms with E-state index in [9.17, 15) is 4.79 Å². The molecule has 8 heteroatoms. The van der Waals surface area contributed by atoms with Crippen molar-refractivity contribution in [2.45, 2.75) is 24.5 Å². The van der Waals surface area contributed by atoms with Crippen LogP contribution < -0.4 is 4.90 Å². The first-order valence-corrected chi connectivity index (χ1v) is 9.51. The van der Waals surface area contributed by atoms with Crippen molar-refractivity contribution in [2.24, 2.45) is 0 Å². The molecule has 2 aromatic heterocycles. The summed E-state index contributed by atoms with van der Waals surface area (Å²) in [6, 6.07) is 9.81. The number of pyridine rings is 1. The highest BCUT2D eigenvalue weighted by Gasteiger charge is 2.30. The Balaban J connectivity index is 1.55. The standard InChI is InChI=1S/C17H14Cl2N4OS/c1-10-6-11-4-2-3-5-14(11)23(10)15(24)9-25-17-21-20-16-13(19)7-12(18)8-22(16)17/h2-5,7-8,10H,6,9H2,1H3/t10-/m1/s1. The van der Waals surface area contributed by atoms with Crippen LogP contribution in [0.1, 0.15) is 12.5 Å². The number of carbonyl (C=O) groups is 1. The van der Waals surface area contributed by atoms with Gasteiger partial charge >= 0.3 is 0 Å². The molecule has 25 heavy (non-hydrogen) atoms. The Morgan fingerprint density at radius 2 is 2.12 bits per heavy atom. The van der Waals surface area contributed by atoms with Crippen molar-refractivity contribution in [1.29, 1.82) is 0 Å². The summed E-state index contributed by atoms with van der Waals surface area (Å²) in [6.07, 6.45) is 2.58. The summed E-state index contributed by atoms with van der Waals surface area (Å²) in [5.74, 6) is 0.316. The van der Waals surface area contributed by atoms with E-state index < -0.39 is 0 Å². The maximum atomic E-state index is 12.8. The Morgan fingerprint density at radius 1 is 1.32 bits per heavy atom. The number of nitrogens with zero attached hydrogens (tertiary/aromatic N) is 4. The lowest BCUT2D eigenvalue weighted by molar-refractivity contribution is -0.116. The Bertz CT molecular complexity index is 974. The van der Waals surface area contributed by atoms with E-state index in [0.717, 1.165) is 12.1 Å². The Labute approximate surface area is 158 Å². The highest BCUT2D eigenvalue weighted by molar-refractivity contribution is 7.99. The van der Waals surface area contributed by atoms with Gasteiger partial charge in [0.15, 0.2) is 10.8 Å². The number of anilines is 1. The third-order valence-electron chi connectivity index (χ3n) is 4.20. The van der Waals surface area contributed by atoms with Gasteiger partial charge < -0.3 is 4.90 Å². The average Bonchev–Trinajstić information content (AvgIpc) is 3.12. The Hall–Kier alpha value is -1.76. The molecule has 0 bridgehead atoms. The molecule has 128 valence electrons. The monoisotopic (exact) mass is 392 g/mol. The molecular formula is C17H14Cl2N4OS. The summed E-state index contributed by atoms with van der Waals surface area (Å²) in [4.78, 5) is 14.6. The predicted octanol–water partition coefficient (Wildman–Crippen LogP) is 4.11. The Kier molecular flexibility index (Phi) is 4.35. The van der Waals surface area contributed by atoms with E-state index in [1.807, 2.05) is 23.1 Å². The molecule has 0 spiro atoms. The second-order valence-corrected chi connectivity index (χ2v) is 7.70. The number of thioether (sulfide) groups is 1. The van der Waals surface area contributed by atoms with Crippen molar-refractivity contribution in [1.82, 2.24) is 14.6 Å². The van der Waals surface area contributed by atoms with Gasteiger partial charge in [-0.25, -0.2) is 0 Å². The number of benzene rings is 1. The van der Waals surface area contributed by atoms with Crippen LogP contribution in [-0.2, 0) is 11.2 Å². The van der Waals surface area contributed by atoms with Crippen LogP contribution in [0.2, 0.25) is 10.0 Å². The third-order valence-corrected chi connectivity index (χ3v) is 5.61. The van der Waals surface area contributed by atoms with Gasteiger partial charge in [-0.2, -0.15) is 0 Å². The molecule has 1 aliphatic rings. The number of carbonyl (C=O) groups excluding carboxylic acids is 1. The van der Waals surface area contributed by atoms with Gasteiger partial charge in [-0.05, 0) is 31.0 Å². The fourth-order valence-electron chi connectivity index (χ4n) is 3.14. The topological polar surface area (TPSA) is 50.5 Å². The molecular weight excluding hydrogens is 379 g/mol. The van der Waals surface area contributed by atoms with Gasteiger partial charge in [0.1, 0.15) is 0 Å². The number of para-hydroxylation sites is 1. The molecule has 1 aromatic carbocycles. The largest absolute Gasteiger partial charge is 0.308 e. The van der Waals surface area contributed by atoms with Gasteiger partial charge in [0, 0.05) is 17.9 Å². The molecule has 3 heterocycles. The molecule has 5 nitrogen and oxygen atoms in total. The second kappa shape index (κ2) is 6.52. The molecule has 1 amide bonds. The summed E-state index contributed by atoms with van der Waals surface area (Å²) in [6.45, 7) is 2.06. The summed E-state index contributed by atoms with van der Waals surface area (Å²) in [5.41, 5.74) is 2.73. The van der Waals surface area contributed by atoms with Gasteiger partial charge in [-0.15, -0.1) is 10.2 Å². The first kappa shape index (κ1) is 16.7. The smallest absolute Gasteiger partial charge is 0.237 e. The number of hydrogen-bond acceptors (Lipinski definition) is 4. The molecule has 3 aromatic rings. The van der Waals surface area contributed by atoms with Crippen LogP contribution in [0, 0.1) is 0 Å². The molecule has 1 aliphatic heterocycles. The third kappa shape index (κ3) is 2.99. The van der Waals surface area contributed by atoms with E-state index in [2.05, 4.69) is 23.2 Å².